The highest BCUT2D eigenvalue weighted by molar-refractivity contribution is 5.38. The van der Waals surface area contributed by atoms with Crippen LogP contribution < -0.4 is 5.32 Å². The van der Waals surface area contributed by atoms with Crippen molar-refractivity contribution in [2.24, 2.45) is 0 Å². The first-order chi connectivity index (χ1) is 11.1. The van der Waals surface area contributed by atoms with E-state index in [2.05, 4.69) is 11.9 Å². The molecule has 2 rings (SSSR count). The molecule has 1 aromatic carbocycles. The van der Waals surface area contributed by atoms with Crippen molar-refractivity contribution in [1.29, 1.82) is 0 Å². The van der Waals surface area contributed by atoms with Crippen LogP contribution in [0.3, 0.4) is 0 Å². The van der Waals surface area contributed by atoms with Crippen LogP contribution >= 0.6 is 0 Å². The van der Waals surface area contributed by atoms with Crippen LogP contribution in [0.1, 0.15) is 29.2 Å². The highest BCUT2D eigenvalue weighted by atomic mass is 19.4. The Balaban J connectivity index is 2.54. The number of halogens is 6. The molecule has 1 atom stereocenters. The molecule has 24 heavy (non-hydrogen) atoms. The van der Waals surface area contributed by atoms with Gasteiger partial charge < -0.3 is 5.32 Å². The molecule has 1 N–H and O–H groups in total. The molecule has 134 valence electrons. The molecule has 2 nitrogen and oxygen atoms in total. The summed E-state index contributed by atoms with van der Waals surface area (Å²) in [5.74, 6) is 0. The van der Waals surface area contributed by atoms with E-state index in [0.717, 1.165) is 0 Å². The van der Waals surface area contributed by atoms with Crippen molar-refractivity contribution in [1.82, 2.24) is 10.2 Å². The Morgan fingerprint density at radius 3 is 2.21 bits per heavy atom. The van der Waals surface area contributed by atoms with E-state index >= 15 is 0 Å². The van der Waals surface area contributed by atoms with Crippen molar-refractivity contribution in [2.75, 3.05) is 26.2 Å². The van der Waals surface area contributed by atoms with E-state index in [1.807, 2.05) is 0 Å². The number of rotatable bonds is 4. The average molecular weight is 352 g/mol. The Morgan fingerprint density at radius 1 is 1.08 bits per heavy atom. The van der Waals surface area contributed by atoms with Gasteiger partial charge >= 0.3 is 12.4 Å². The number of piperazine rings is 1. The van der Waals surface area contributed by atoms with Gasteiger partial charge in [0, 0.05) is 32.2 Å². The fourth-order valence-corrected chi connectivity index (χ4v) is 2.90. The maximum absolute atomic E-state index is 13.3. The van der Waals surface area contributed by atoms with Crippen LogP contribution in [0.25, 0.3) is 0 Å². The summed E-state index contributed by atoms with van der Waals surface area (Å²) in [5.41, 5.74) is -2.45. The number of hydrogen-bond acceptors (Lipinski definition) is 2. The van der Waals surface area contributed by atoms with Crippen molar-refractivity contribution in [3.63, 3.8) is 0 Å². The van der Waals surface area contributed by atoms with Gasteiger partial charge in [-0.2, -0.15) is 26.3 Å². The van der Waals surface area contributed by atoms with E-state index < -0.39 is 29.5 Å². The summed E-state index contributed by atoms with van der Waals surface area (Å²) < 4.78 is 78.8. The normalized spacial score (nSPS) is 18.4. The topological polar surface area (TPSA) is 15.3 Å². The third kappa shape index (κ3) is 4.30. The van der Waals surface area contributed by atoms with E-state index in [0.29, 0.717) is 44.4 Å². The van der Waals surface area contributed by atoms with E-state index in [9.17, 15) is 26.3 Å². The Morgan fingerprint density at radius 2 is 1.71 bits per heavy atom. The summed E-state index contributed by atoms with van der Waals surface area (Å²) in [7, 11) is 0. The molecule has 1 aliphatic heterocycles. The molecule has 0 aliphatic carbocycles. The molecule has 0 amide bonds. The van der Waals surface area contributed by atoms with Gasteiger partial charge in [-0.1, -0.05) is 6.08 Å². The molecule has 1 fully saturated rings. The van der Waals surface area contributed by atoms with Crippen LogP contribution in [0, 0.1) is 0 Å². The Labute approximate surface area is 136 Å². The number of nitrogens with zero attached hydrogens (tertiary/aromatic N) is 1. The third-order valence-electron chi connectivity index (χ3n) is 4.03. The lowest BCUT2D eigenvalue weighted by Gasteiger charge is -2.36. The first kappa shape index (κ1) is 18.8. The zero-order chi connectivity index (χ0) is 18.0. The predicted octanol–water partition coefficient (Wildman–Crippen LogP) is 4.25. The predicted molar refractivity (Wildman–Crippen MR) is 78.4 cm³/mol. The summed E-state index contributed by atoms with van der Waals surface area (Å²) in [6.07, 6.45) is -7.83. The minimum Gasteiger partial charge on any atom is -0.314 e. The number of alkyl halides is 6. The second-order valence-corrected chi connectivity index (χ2v) is 5.62. The molecule has 0 spiro atoms. The fourth-order valence-electron chi connectivity index (χ4n) is 2.90. The summed E-state index contributed by atoms with van der Waals surface area (Å²) >= 11 is 0. The smallest absolute Gasteiger partial charge is 0.314 e. The first-order valence-electron chi connectivity index (χ1n) is 7.48. The molecule has 0 aromatic heterocycles. The van der Waals surface area contributed by atoms with Crippen LogP contribution in [0.4, 0.5) is 26.3 Å². The summed E-state index contributed by atoms with van der Waals surface area (Å²) in [6.45, 7) is 5.62. The third-order valence-corrected chi connectivity index (χ3v) is 4.03. The minimum atomic E-state index is -4.72. The summed E-state index contributed by atoms with van der Waals surface area (Å²) in [6, 6.07) is 0.841. The molecule has 0 saturated carbocycles. The Bertz CT molecular complexity index is 573. The molecule has 1 heterocycles. The fraction of sp³-hybridized carbons (Fsp3) is 0.500. The lowest BCUT2D eigenvalue weighted by atomic mass is 9.93. The van der Waals surface area contributed by atoms with Crippen LogP contribution in [0.5, 0.6) is 0 Å². The van der Waals surface area contributed by atoms with Crippen LogP contribution in [-0.4, -0.2) is 31.1 Å². The lowest BCUT2D eigenvalue weighted by Crippen LogP contribution is -2.45. The maximum atomic E-state index is 13.3. The van der Waals surface area contributed by atoms with Gasteiger partial charge in [0.15, 0.2) is 0 Å². The minimum absolute atomic E-state index is 0.143. The SMILES string of the molecule is C=CC[C@H](c1cc(C(F)(F)F)ccc1C(F)(F)F)N1CCNCC1. The van der Waals surface area contributed by atoms with Gasteiger partial charge in [-0.3, -0.25) is 4.90 Å². The molecule has 1 aromatic rings. The van der Waals surface area contributed by atoms with E-state index in [-0.39, 0.29) is 12.0 Å². The molecular weight excluding hydrogens is 334 g/mol. The second kappa shape index (κ2) is 7.14. The summed E-state index contributed by atoms with van der Waals surface area (Å²) in [5, 5.41) is 3.07. The quantitative estimate of drug-likeness (QED) is 0.644. The molecule has 8 heteroatoms. The van der Waals surface area contributed by atoms with Crippen molar-refractivity contribution < 1.29 is 26.3 Å². The molecular formula is C16H18F6N2. The van der Waals surface area contributed by atoms with Crippen LogP contribution in [0.2, 0.25) is 0 Å². The van der Waals surface area contributed by atoms with Crippen molar-refractivity contribution in [3.8, 4) is 0 Å². The monoisotopic (exact) mass is 352 g/mol. The van der Waals surface area contributed by atoms with Gasteiger partial charge in [-0.05, 0) is 30.2 Å². The van der Waals surface area contributed by atoms with Crippen molar-refractivity contribution >= 4 is 0 Å². The zero-order valence-corrected chi connectivity index (χ0v) is 12.8. The number of benzene rings is 1. The Kier molecular flexibility index (Phi) is 5.59. The molecule has 0 bridgehead atoms. The number of hydrogen-bond donors (Lipinski definition) is 1. The van der Waals surface area contributed by atoms with Gasteiger partial charge in [0.25, 0.3) is 0 Å². The van der Waals surface area contributed by atoms with Crippen LogP contribution in [0.15, 0.2) is 30.9 Å². The standard InChI is InChI=1S/C16H18F6N2/c1-2-3-14(24-8-6-23-7-9-24)12-10-11(15(17,18)19)4-5-13(12)16(20,21)22/h2,4-5,10,14,23H,1,3,6-9H2/t14-/m1/s1. The maximum Gasteiger partial charge on any atom is 0.416 e. The molecule has 0 radical (unpaired) electrons. The van der Waals surface area contributed by atoms with E-state index in [1.54, 1.807) is 4.90 Å². The molecule has 1 aliphatic rings. The second-order valence-electron chi connectivity index (χ2n) is 5.62. The van der Waals surface area contributed by atoms with Gasteiger partial charge in [0.2, 0.25) is 0 Å². The lowest BCUT2D eigenvalue weighted by molar-refractivity contribution is -0.142. The van der Waals surface area contributed by atoms with Gasteiger partial charge in [-0.15, -0.1) is 6.58 Å². The van der Waals surface area contributed by atoms with Crippen molar-refractivity contribution in [3.05, 3.63) is 47.5 Å². The van der Waals surface area contributed by atoms with Gasteiger partial charge in [-0.25, -0.2) is 0 Å². The largest absolute Gasteiger partial charge is 0.416 e. The number of nitrogens with one attached hydrogen (secondary N) is 1. The molecule has 0 unspecified atom stereocenters. The zero-order valence-electron chi connectivity index (χ0n) is 12.8. The van der Waals surface area contributed by atoms with Gasteiger partial charge in [0.1, 0.15) is 0 Å². The Hall–Kier alpha value is -1.54. The van der Waals surface area contributed by atoms with Crippen LogP contribution in [-0.2, 0) is 12.4 Å². The van der Waals surface area contributed by atoms with Gasteiger partial charge in [0.05, 0.1) is 11.1 Å². The highest BCUT2D eigenvalue weighted by Crippen LogP contribution is 2.41. The van der Waals surface area contributed by atoms with E-state index in [1.165, 1.54) is 6.08 Å². The average Bonchev–Trinajstić information content (AvgIpc) is 2.51. The molecule has 1 saturated heterocycles. The first-order valence-corrected chi connectivity index (χ1v) is 7.48. The van der Waals surface area contributed by atoms with Crippen molar-refractivity contribution in [2.45, 2.75) is 24.8 Å². The highest BCUT2D eigenvalue weighted by Gasteiger charge is 2.39. The summed E-state index contributed by atoms with van der Waals surface area (Å²) in [4.78, 5) is 1.77. The van der Waals surface area contributed by atoms with E-state index in [4.69, 9.17) is 0 Å².